The number of hydrogen-bond donors (Lipinski definition) is 0. The van der Waals surface area contributed by atoms with E-state index in [1.165, 1.54) is 5.57 Å². The highest BCUT2D eigenvalue weighted by Crippen LogP contribution is 2.54. The first-order chi connectivity index (χ1) is 7.36. The van der Waals surface area contributed by atoms with E-state index in [9.17, 15) is 4.79 Å². The molecule has 1 heterocycles. The normalized spacial score (nSPS) is 47.4. The van der Waals surface area contributed by atoms with Crippen LogP contribution in [0.2, 0.25) is 0 Å². The summed E-state index contributed by atoms with van der Waals surface area (Å²) in [7, 11) is 0. The second-order valence-corrected chi connectivity index (χ2v) is 6.00. The highest BCUT2D eigenvalue weighted by molar-refractivity contribution is 5.73. The summed E-state index contributed by atoms with van der Waals surface area (Å²) in [6.07, 6.45) is 1.66. The Hall–Kier alpha value is -0.790. The van der Waals surface area contributed by atoms with Crippen LogP contribution in [0.1, 0.15) is 40.5 Å². The van der Waals surface area contributed by atoms with Crippen LogP contribution in [0, 0.1) is 23.2 Å². The predicted molar refractivity (Wildman–Crippen MR) is 63.9 cm³/mol. The number of carbonyl (C=O) groups excluding carboxylic acids is 1. The van der Waals surface area contributed by atoms with Crippen LogP contribution in [0.4, 0.5) is 0 Å². The maximum atomic E-state index is 11.5. The fourth-order valence-corrected chi connectivity index (χ4v) is 3.58. The second-order valence-electron chi connectivity index (χ2n) is 6.00. The lowest BCUT2D eigenvalue weighted by molar-refractivity contribution is -0.144. The van der Waals surface area contributed by atoms with E-state index in [0.717, 1.165) is 6.42 Å². The number of carbonyl (C=O) groups is 1. The molecule has 1 saturated carbocycles. The number of hydrogen-bond acceptors (Lipinski definition) is 2. The lowest BCUT2D eigenvalue weighted by Crippen LogP contribution is -2.46. The number of allylic oxidation sites excluding steroid dienone is 1. The average Bonchev–Trinajstić information content (AvgIpc) is 2.48. The van der Waals surface area contributed by atoms with Gasteiger partial charge in [-0.25, -0.2) is 0 Å². The van der Waals surface area contributed by atoms with Gasteiger partial charge in [0.15, 0.2) is 0 Å². The minimum atomic E-state index is -0.0195. The van der Waals surface area contributed by atoms with Crippen LogP contribution in [-0.4, -0.2) is 12.1 Å². The summed E-state index contributed by atoms with van der Waals surface area (Å²) in [5, 5.41) is 0. The van der Waals surface area contributed by atoms with Gasteiger partial charge in [0.2, 0.25) is 0 Å². The van der Waals surface area contributed by atoms with Crippen molar-refractivity contribution >= 4 is 5.97 Å². The van der Waals surface area contributed by atoms with Gasteiger partial charge in [-0.3, -0.25) is 4.79 Å². The van der Waals surface area contributed by atoms with Crippen molar-refractivity contribution in [1.29, 1.82) is 0 Å². The first-order valence-electron chi connectivity index (χ1n) is 6.21. The highest BCUT2D eigenvalue weighted by atomic mass is 16.6. The van der Waals surface area contributed by atoms with Gasteiger partial charge in [0.05, 0.1) is 6.42 Å². The van der Waals surface area contributed by atoms with E-state index in [2.05, 4.69) is 34.3 Å². The molecule has 0 aromatic carbocycles. The summed E-state index contributed by atoms with van der Waals surface area (Å²) in [6.45, 7) is 12.9. The molecule has 1 aliphatic heterocycles. The molecule has 2 fully saturated rings. The van der Waals surface area contributed by atoms with E-state index in [1.807, 2.05) is 0 Å². The SMILES string of the molecule is C=C(C)[C@@H]1C[C@@H]2OC(=O)C[C@]2(C)C(C)[C@H]1C. The molecule has 0 aromatic heterocycles. The van der Waals surface area contributed by atoms with Crippen molar-refractivity contribution in [2.75, 3.05) is 0 Å². The third-order valence-corrected chi connectivity index (χ3v) is 5.10. The van der Waals surface area contributed by atoms with Gasteiger partial charge in [-0.1, -0.05) is 32.9 Å². The van der Waals surface area contributed by atoms with E-state index in [4.69, 9.17) is 4.74 Å². The predicted octanol–water partition coefficient (Wildman–Crippen LogP) is 3.18. The van der Waals surface area contributed by atoms with Crippen molar-refractivity contribution in [2.24, 2.45) is 23.2 Å². The zero-order valence-electron chi connectivity index (χ0n) is 10.7. The first-order valence-corrected chi connectivity index (χ1v) is 6.21. The zero-order chi connectivity index (χ0) is 12.1. The van der Waals surface area contributed by atoms with Crippen molar-refractivity contribution in [2.45, 2.75) is 46.6 Å². The average molecular weight is 222 g/mol. The molecular weight excluding hydrogens is 200 g/mol. The Balaban J connectivity index is 2.29. The maximum Gasteiger partial charge on any atom is 0.306 e. The van der Waals surface area contributed by atoms with Gasteiger partial charge in [0, 0.05) is 5.41 Å². The molecule has 2 rings (SSSR count). The van der Waals surface area contributed by atoms with Crippen LogP contribution >= 0.6 is 0 Å². The largest absolute Gasteiger partial charge is 0.462 e. The van der Waals surface area contributed by atoms with Crippen molar-refractivity contribution in [3.8, 4) is 0 Å². The molecule has 0 aromatic rings. The summed E-state index contributed by atoms with van der Waals surface area (Å²) in [4.78, 5) is 11.5. The number of esters is 1. The fraction of sp³-hybridized carbons (Fsp3) is 0.786. The topological polar surface area (TPSA) is 26.3 Å². The molecule has 1 saturated heterocycles. The third kappa shape index (κ3) is 1.50. The van der Waals surface area contributed by atoms with Gasteiger partial charge >= 0.3 is 5.97 Å². The van der Waals surface area contributed by atoms with E-state index >= 15 is 0 Å². The van der Waals surface area contributed by atoms with Gasteiger partial charge in [0.25, 0.3) is 0 Å². The summed E-state index contributed by atoms with van der Waals surface area (Å²) < 4.78 is 5.49. The minimum Gasteiger partial charge on any atom is -0.462 e. The lowest BCUT2D eigenvalue weighted by atomic mass is 9.57. The number of fused-ring (bicyclic) bond motifs is 1. The van der Waals surface area contributed by atoms with Crippen molar-refractivity contribution in [3.63, 3.8) is 0 Å². The van der Waals surface area contributed by atoms with Crippen molar-refractivity contribution < 1.29 is 9.53 Å². The third-order valence-electron chi connectivity index (χ3n) is 5.10. The summed E-state index contributed by atoms with van der Waals surface area (Å²) in [5.74, 6) is 1.58. The summed E-state index contributed by atoms with van der Waals surface area (Å²) in [6, 6.07) is 0. The first kappa shape index (κ1) is 11.7. The molecule has 0 amide bonds. The van der Waals surface area contributed by atoms with Gasteiger partial charge < -0.3 is 4.74 Å². The fourth-order valence-electron chi connectivity index (χ4n) is 3.58. The van der Waals surface area contributed by atoms with E-state index in [-0.39, 0.29) is 17.5 Å². The standard InChI is InChI=1S/C14H22O2/c1-8(2)11-6-12-14(5,7-13(15)16-12)10(4)9(11)3/h9-12H,1,6-7H2,2-5H3/t9-,10?,11+,12+,14-/m1/s1. The molecule has 5 atom stereocenters. The van der Waals surface area contributed by atoms with Crippen molar-refractivity contribution in [1.82, 2.24) is 0 Å². The molecule has 0 bridgehead atoms. The Labute approximate surface area is 98.1 Å². The van der Waals surface area contributed by atoms with Gasteiger partial charge in [-0.15, -0.1) is 0 Å². The van der Waals surface area contributed by atoms with Gasteiger partial charge in [-0.2, -0.15) is 0 Å². The quantitative estimate of drug-likeness (QED) is 0.503. The van der Waals surface area contributed by atoms with Gasteiger partial charge in [-0.05, 0) is 31.1 Å². The van der Waals surface area contributed by atoms with Crippen LogP contribution in [0.25, 0.3) is 0 Å². The lowest BCUT2D eigenvalue weighted by Gasteiger charge is -2.47. The monoisotopic (exact) mass is 222 g/mol. The zero-order valence-corrected chi connectivity index (χ0v) is 10.7. The molecule has 1 aliphatic carbocycles. The maximum absolute atomic E-state index is 11.5. The van der Waals surface area contributed by atoms with Gasteiger partial charge in [0.1, 0.15) is 6.10 Å². The Morgan fingerprint density at radius 3 is 2.69 bits per heavy atom. The second kappa shape index (κ2) is 3.61. The molecule has 2 aliphatic rings. The molecule has 1 unspecified atom stereocenters. The number of rotatable bonds is 1. The molecular formula is C14H22O2. The summed E-state index contributed by atoms with van der Waals surface area (Å²) >= 11 is 0. The molecule has 2 heteroatoms. The Morgan fingerprint density at radius 2 is 2.12 bits per heavy atom. The molecule has 0 spiro atoms. The summed E-state index contributed by atoms with van der Waals surface area (Å²) in [5.41, 5.74) is 1.27. The Kier molecular flexibility index (Phi) is 2.64. The minimum absolute atomic E-state index is 0.0195. The van der Waals surface area contributed by atoms with Crippen LogP contribution in [0.3, 0.4) is 0 Å². The molecule has 0 N–H and O–H groups in total. The molecule has 2 nitrogen and oxygen atoms in total. The van der Waals surface area contributed by atoms with Crippen molar-refractivity contribution in [3.05, 3.63) is 12.2 Å². The molecule has 0 radical (unpaired) electrons. The van der Waals surface area contributed by atoms with Crippen LogP contribution in [-0.2, 0) is 9.53 Å². The Morgan fingerprint density at radius 1 is 1.50 bits per heavy atom. The van der Waals surface area contributed by atoms with E-state index < -0.39 is 0 Å². The van der Waals surface area contributed by atoms with Crippen LogP contribution in [0.5, 0.6) is 0 Å². The van der Waals surface area contributed by atoms with E-state index in [1.54, 1.807) is 0 Å². The van der Waals surface area contributed by atoms with Crippen LogP contribution < -0.4 is 0 Å². The van der Waals surface area contributed by atoms with Crippen LogP contribution in [0.15, 0.2) is 12.2 Å². The number of ether oxygens (including phenoxy) is 1. The van der Waals surface area contributed by atoms with E-state index in [0.29, 0.717) is 24.2 Å². The smallest absolute Gasteiger partial charge is 0.306 e. The molecule has 16 heavy (non-hydrogen) atoms. The molecule has 90 valence electrons. The highest BCUT2D eigenvalue weighted by Gasteiger charge is 2.55. The Bertz CT molecular complexity index is 334.